The van der Waals surface area contributed by atoms with Gasteiger partial charge in [-0.3, -0.25) is 14.5 Å². The zero-order valence-electron chi connectivity index (χ0n) is 14.7. The van der Waals surface area contributed by atoms with Crippen molar-refractivity contribution < 1.29 is 9.59 Å². The second kappa shape index (κ2) is 6.89. The van der Waals surface area contributed by atoms with Crippen molar-refractivity contribution in [1.29, 1.82) is 0 Å². The van der Waals surface area contributed by atoms with E-state index in [2.05, 4.69) is 15.2 Å². The van der Waals surface area contributed by atoms with E-state index in [0.717, 1.165) is 50.2 Å². The maximum absolute atomic E-state index is 12.4. The van der Waals surface area contributed by atoms with Gasteiger partial charge in [0.05, 0.1) is 6.04 Å². The Morgan fingerprint density at radius 1 is 1.17 bits per heavy atom. The summed E-state index contributed by atoms with van der Waals surface area (Å²) in [5.74, 6) is 0.130. The van der Waals surface area contributed by atoms with Crippen LogP contribution in [0.4, 0.5) is 0 Å². The predicted molar refractivity (Wildman–Crippen MR) is 91.8 cm³/mol. The minimum absolute atomic E-state index is 0.0352. The summed E-state index contributed by atoms with van der Waals surface area (Å²) in [6.07, 6.45) is 2.67. The van der Waals surface area contributed by atoms with E-state index in [4.69, 9.17) is 0 Å². The highest BCUT2D eigenvalue weighted by molar-refractivity contribution is 5.92. The van der Waals surface area contributed by atoms with Crippen LogP contribution >= 0.6 is 0 Å². The minimum Gasteiger partial charge on any atom is -0.348 e. The van der Waals surface area contributed by atoms with Crippen molar-refractivity contribution in [3.63, 3.8) is 0 Å². The molecule has 3 rings (SSSR count). The molecule has 2 amide bonds. The first-order chi connectivity index (χ1) is 11.5. The first-order valence-corrected chi connectivity index (χ1v) is 8.70. The van der Waals surface area contributed by atoms with Crippen LogP contribution in [-0.4, -0.2) is 65.4 Å². The number of piperidine rings is 1. The minimum atomic E-state index is -0.103. The molecule has 2 fully saturated rings. The third-order valence-corrected chi connectivity index (χ3v) is 5.29. The Balaban J connectivity index is 1.52. The van der Waals surface area contributed by atoms with Crippen LogP contribution in [0.5, 0.6) is 0 Å². The molecule has 0 spiro atoms. The molecule has 6 heteroatoms. The van der Waals surface area contributed by atoms with Crippen molar-refractivity contribution in [2.45, 2.75) is 45.2 Å². The van der Waals surface area contributed by atoms with E-state index < -0.39 is 0 Å². The Kier molecular flexibility index (Phi) is 4.85. The van der Waals surface area contributed by atoms with Gasteiger partial charge in [-0.05, 0) is 44.7 Å². The van der Waals surface area contributed by atoms with Gasteiger partial charge in [0, 0.05) is 38.4 Å². The van der Waals surface area contributed by atoms with E-state index in [1.807, 2.05) is 31.9 Å². The lowest BCUT2D eigenvalue weighted by Gasteiger charge is -2.35. The fourth-order valence-corrected chi connectivity index (χ4v) is 3.51. The van der Waals surface area contributed by atoms with Crippen LogP contribution in [0.15, 0.2) is 12.1 Å². The topological polar surface area (TPSA) is 65.5 Å². The smallest absolute Gasteiger partial charge is 0.270 e. The molecule has 130 valence electrons. The number of likely N-dealkylation sites (N-methyl/N-ethyl adjacent to an activating group) is 1. The molecular weight excluding hydrogens is 304 g/mol. The van der Waals surface area contributed by atoms with Gasteiger partial charge in [0.2, 0.25) is 5.91 Å². The molecule has 0 aromatic carbocycles. The SMILES string of the molecule is Cc1ccc(C(=O)NC2CCN(C3CCN(C)C3=O)CC2)nc1C. The second-order valence-corrected chi connectivity index (χ2v) is 6.95. The third-order valence-electron chi connectivity index (χ3n) is 5.29. The molecule has 0 bridgehead atoms. The quantitative estimate of drug-likeness (QED) is 0.902. The molecule has 24 heavy (non-hydrogen) atoms. The molecule has 0 saturated carbocycles. The lowest BCUT2D eigenvalue weighted by Crippen LogP contribution is -2.50. The molecule has 2 saturated heterocycles. The molecule has 1 aromatic rings. The summed E-state index contributed by atoms with van der Waals surface area (Å²) in [7, 11) is 1.87. The number of likely N-dealkylation sites (tertiary alicyclic amines) is 2. The maximum atomic E-state index is 12.4. The lowest BCUT2D eigenvalue weighted by atomic mass is 10.0. The summed E-state index contributed by atoms with van der Waals surface area (Å²) < 4.78 is 0. The Morgan fingerprint density at radius 2 is 1.88 bits per heavy atom. The number of carbonyl (C=O) groups excluding carboxylic acids is 2. The van der Waals surface area contributed by atoms with Crippen molar-refractivity contribution in [2.75, 3.05) is 26.7 Å². The number of amides is 2. The fraction of sp³-hybridized carbons (Fsp3) is 0.611. The van der Waals surface area contributed by atoms with Gasteiger partial charge < -0.3 is 10.2 Å². The summed E-state index contributed by atoms with van der Waals surface area (Å²) in [4.78, 5) is 32.9. The van der Waals surface area contributed by atoms with Crippen LogP contribution in [-0.2, 0) is 4.79 Å². The summed E-state index contributed by atoms with van der Waals surface area (Å²) >= 11 is 0. The number of hydrogen-bond donors (Lipinski definition) is 1. The highest BCUT2D eigenvalue weighted by Gasteiger charge is 2.35. The molecule has 1 atom stereocenters. The number of hydrogen-bond acceptors (Lipinski definition) is 4. The van der Waals surface area contributed by atoms with E-state index in [9.17, 15) is 9.59 Å². The number of nitrogens with zero attached hydrogens (tertiary/aromatic N) is 3. The maximum Gasteiger partial charge on any atom is 0.270 e. The summed E-state index contributed by atoms with van der Waals surface area (Å²) in [5.41, 5.74) is 2.46. The number of rotatable bonds is 3. The van der Waals surface area contributed by atoms with Crippen LogP contribution in [0.1, 0.15) is 41.0 Å². The second-order valence-electron chi connectivity index (χ2n) is 6.95. The molecule has 2 aliphatic heterocycles. The highest BCUT2D eigenvalue weighted by atomic mass is 16.2. The summed E-state index contributed by atoms with van der Waals surface area (Å²) in [6.45, 7) is 6.46. The first kappa shape index (κ1) is 16.9. The zero-order valence-corrected chi connectivity index (χ0v) is 14.7. The van der Waals surface area contributed by atoms with E-state index >= 15 is 0 Å². The molecule has 0 radical (unpaired) electrons. The molecular formula is C18H26N4O2. The number of pyridine rings is 1. The van der Waals surface area contributed by atoms with Crippen LogP contribution in [0.25, 0.3) is 0 Å². The number of aromatic nitrogens is 1. The molecule has 2 aliphatic rings. The fourth-order valence-electron chi connectivity index (χ4n) is 3.51. The van der Waals surface area contributed by atoms with Gasteiger partial charge in [0.1, 0.15) is 5.69 Å². The largest absolute Gasteiger partial charge is 0.348 e. The van der Waals surface area contributed by atoms with Crippen molar-refractivity contribution in [3.05, 3.63) is 29.1 Å². The molecule has 3 heterocycles. The Bertz CT molecular complexity index is 638. The average molecular weight is 330 g/mol. The van der Waals surface area contributed by atoms with Gasteiger partial charge in [0.25, 0.3) is 5.91 Å². The van der Waals surface area contributed by atoms with Crippen molar-refractivity contribution >= 4 is 11.8 Å². The van der Waals surface area contributed by atoms with Crippen molar-refractivity contribution in [1.82, 2.24) is 20.1 Å². The number of nitrogens with one attached hydrogen (secondary N) is 1. The van der Waals surface area contributed by atoms with E-state index in [0.29, 0.717) is 5.69 Å². The number of aryl methyl sites for hydroxylation is 2. The predicted octanol–water partition coefficient (Wildman–Crippen LogP) is 1.12. The first-order valence-electron chi connectivity index (χ1n) is 8.70. The molecule has 1 unspecified atom stereocenters. The standard InChI is InChI=1S/C18H26N4O2/c1-12-4-5-15(19-13(12)2)17(23)20-14-6-10-22(11-7-14)16-8-9-21(3)18(16)24/h4-5,14,16H,6-11H2,1-3H3,(H,20,23). The van der Waals surface area contributed by atoms with Crippen LogP contribution < -0.4 is 5.32 Å². The average Bonchev–Trinajstić information content (AvgIpc) is 2.90. The molecule has 1 aromatic heterocycles. The van der Waals surface area contributed by atoms with Crippen LogP contribution in [0, 0.1) is 13.8 Å². The molecule has 6 nitrogen and oxygen atoms in total. The Hall–Kier alpha value is -1.95. The van der Waals surface area contributed by atoms with E-state index in [-0.39, 0.29) is 23.9 Å². The van der Waals surface area contributed by atoms with Crippen molar-refractivity contribution in [3.8, 4) is 0 Å². The van der Waals surface area contributed by atoms with Gasteiger partial charge in [0.15, 0.2) is 0 Å². The highest BCUT2D eigenvalue weighted by Crippen LogP contribution is 2.21. The lowest BCUT2D eigenvalue weighted by molar-refractivity contribution is -0.131. The van der Waals surface area contributed by atoms with Crippen LogP contribution in [0.3, 0.4) is 0 Å². The normalized spacial score (nSPS) is 22.9. The van der Waals surface area contributed by atoms with E-state index in [1.165, 1.54) is 0 Å². The summed E-state index contributed by atoms with van der Waals surface area (Å²) in [6, 6.07) is 3.90. The van der Waals surface area contributed by atoms with Gasteiger partial charge in [-0.1, -0.05) is 6.07 Å². The van der Waals surface area contributed by atoms with Gasteiger partial charge in [-0.2, -0.15) is 0 Å². The Labute approximate surface area is 143 Å². The summed E-state index contributed by atoms with van der Waals surface area (Å²) in [5, 5.41) is 3.09. The number of carbonyl (C=O) groups is 2. The zero-order chi connectivity index (χ0) is 17.3. The molecule has 0 aliphatic carbocycles. The molecule has 1 N–H and O–H groups in total. The monoisotopic (exact) mass is 330 g/mol. The Morgan fingerprint density at radius 3 is 2.46 bits per heavy atom. The van der Waals surface area contributed by atoms with E-state index in [1.54, 1.807) is 6.07 Å². The van der Waals surface area contributed by atoms with Gasteiger partial charge >= 0.3 is 0 Å². The van der Waals surface area contributed by atoms with Gasteiger partial charge in [-0.15, -0.1) is 0 Å². The van der Waals surface area contributed by atoms with Crippen molar-refractivity contribution in [2.24, 2.45) is 0 Å². The van der Waals surface area contributed by atoms with Crippen LogP contribution in [0.2, 0.25) is 0 Å². The van der Waals surface area contributed by atoms with Gasteiger partial charge in [-0.25, -0.2) is 4.98 Å². The third kappa shape index (κ3) is 3.43.